The Hall–Kier alpha value is -3.14. The zero-order chi connectivity index (χ0) is 17.6. The third kappa shape index (κ3) is 4.23. The molecule has 0 spiro atoms. The van der Waals surface area contributed by atoms with E-state index in [1.54, 1.807) is 12.2 Å². The van der Waals surface area contributed by atoms with Crippen LogP contribution < -0.4 is 5.32 Å². The quantitative estimate of drug-likeness (QED) is 0.712. The summed E-state index contributed by atoms with van der Waals surface area (Å²) in [5.41, 5.74) is 4.71. The van der Waals surface area contributed by atoms with Crippen LogP contribution in [0.4, 0.5) is 5.69 Å². The molecule has 3 rings (SSSR count). The van der Waals surface area contributed by atoms with Gasteiger partial charge in [0.25, 0.3) is 0 Å². The molecule has 0 atom stereocenters. The fraction of sp³-hybridized carbons (Fsp3) is 0.143. The standard InChI is InChI=1S/C21H21N3O/c1-16-21(22-20(25)14-13-18-9-5-3-6-10-18)17(2)24(23-16)15-19-11-7-4-8-12-19/h3-14H,15H2,1-2H3,(H,22,25). The number of aromatic nitrogens is 2. The van der Waals surface area contributed by atoms with Crippen molar-refractivity contribution in [3.8, 4) is 0 Å². The van der Waals surface area contributed by atoms with Crippen LogP contribution in [0.1, 0.15) is 22.5 Å². The van der Waals surface area contributed by atoms with Crippen LogP contribution in [-0.2, 0) is 11.3 Å². The van der Waals surface area contributed by atoms with Gasteiger partial charge in [-0.1, -0.05) is 60.7 Å². The lowest BCUT2D eigenvalue weighted by Gasteiger charge is -2.06. The van der Waals surface area contributed by atoms with Gasteiger partial charge in [-0.3, -0.25) is 9.48 Å². The Labute approximate surface area is 147 Å². The lowest BCUT2D eigenvalue weighted by molar-refractivity contribution is -0.111. The lowest BCUT2D eigenvalue weighted by atomic mass is 10.2. The number of carbonyl (C=O) groups is 1. The highest BCUT2D eigenvalue weighted by atomic mass is 16.1. The van der Waals surface area contributed by atoms with E-state index in [1.807, 2.05) is 67.1 Å². The third-order valence-electron chi connectivity index (χ3n) is 4.03. The Morgan fingerprint density at radius 2 is 1.68 bits per heavy atom. The number of aryl methyl sites for hydroxylation is 1. The van der Waals surface area contributed by atoms with Crippen molar-refractivity contribution in [3.63, 3.8) is 0 Å². The molecule has 1 amide bonds. The van der Waals surface area contributed by atoms with Crippen molar-refractivity contribution >= 4 is 17.7 Å². The van der Waals surface area contributed by atoms with E-state index in [0.717, 1.165) is 22.6 Å². The van der Waals surface area contributed by atoms with Gasteiger partial charge in [0.05, 0.1) is 23.6 Å². The van der Waals surface area contributed by atoms with Crippen molar-refractivity contribution in [3.05, 3.63) is 89.3 Å². The molecule has 126 valence electrons. The summed E-state index contributed by atoms with van der Waals surface area (Å²) in [5, 5.41) is 7.50. The first-order valence-electron chi connectivity index (χ1n) is 8.25. The molecule has 0 saturated heterocycles. The number of hydrogen-bond acceptors (Lipinski definition) is 2. The second kappa shape index (κ2) is 7.62. The minimum absolute atomic E-state index is 0.158. The largest absolute Gasteiger partial charge is 0.319 e. The Bertz CT molecular complexity index is 880. The van der Waals surface area contributed by atoms with Crippen molar-refractivity contribution in [2.75, 3.05) is 5.32 Å². The van der Waals surface area contributed by atoms with Crippen LogP contribution in [-0.4, -0.2) is 15.7 Å². The van der Waals surface area contributed by atoms with Gasteiger partial charge in [-0.15, -0.1) is 0 Å². The summed E-state index contributed by atoms with van der Waals surface area (Å²) in [6, 6.07) is 19.9. The van der Waals surface area contributed by atoms with Crippen LogP contribution in [0, 0.1) is 13.8 Å². The third-order valence-corrected chi connectivity index (χ3v) is 4.03. The first-order chi connectivity index (χ1) is 12.1. The summed E-state index contributed by atoms with van der Waals surface area (Å²) >= 11 is 0. The normalized spacial score (nSPS) is 11.0. The molecular formula is C21H21N3O. The number of amides is 1. The molecule has 0 radical (unpaired) electrons. The number of rotatable bonds is 5. The smallest absolute Gasteiger partial charge is 0.248 e. The van der Waals surface area contributed by atoms with Crippen LogP contribution in [0.2, 0.25) is 0 Å². The lowest BCUT2D eigenvalue weighted by Crippen LogP contribution is -2.10. The molecule has 0 bridgehead atoms. The molecule has 0 aliphatic carbocycles. The zero-order valence-corrected chi connectivity index (χ0v) is 14.4. The number of benzene rings is 2. The van der Waals surface area contributed by atoms with Gasteiger partial charge in [0.15, 0.2) is 0 Å². The maximum atomic E-state index is 12.2. The molecule has 25 heavy (non-hydrogen) atoms. The van der Waals surface area contributed by atoms with E-state index in [9.17, 15) is 4.79 Å². The maximum absolute atomic E-state index is 12.2. The summed E-state index contributed by atoms with van der Waals surface area (Å²) in [7, 11) is 0. The van der Waals surface area contributed by atoms with Gasteiger partial charge >= 0.3 is 0 Å². The molecule has 4 heteroatoms. The number of nitrogens with zero attached hydrogens (tertiary/aromatic N) is 2. The fourth-order valence-corrected chi connectivity index (χ4v) is 2.69. The number of anilines is 1. The number of nitrogens with one attached hydrogen (secondary N) is 1. The highest BCUT2D eigenvalue weighted by molar-refractivity contribution is 6.02. The maximum Gasteiger partial charge on any atom is 0.248 e. The van der Waals surface area contributed by atoms with Crippen LogP contribution in [0.3, 0.4) is 0 Å². The summed E-state index contributed by atoms with van der Waals surface area (Å²) in [6.45, 7) is 4.56. The minimum atomic E-state index is -0.158. The molecule has 2 aromatic carbocycles. The van der Waals surface area contributed by atoms with Gasteiger partial charge in [-0.2, -0.15) is 5.10 Å². The van der Waals surface area contributed by atoms with Gasteiger partial charge in [-0.05, 0) is 31.1 Å². The van der Waals surface area contributed by atoms with Gasteiger partial charge < -0.3 is 5.32 Å². The van der Waals surface area contributed by atoms with Crippen molar-refractivity contribution in [2.45, 2.75) is 20.4 Å². The van der Waals surface area contributed by atoms with Crippen LogP contribution in [0.5, 0.6) is 0 Å². The molecule has 0 unspecified atom stereocenters. The second-order valence-corrected chi connectivity index (χ2v) is 5.92. The molecule has 0 aliphatic heterocycles. The Morgan fingerprint density at radius 1 is 1.04 bits per heavy atom. The van der Waals surface area contributed by atoms with E-state index in [2.05, 4.69) is 22.5 Å². The zero-order valence-electron chi connectivity index (χ0n) is 14.4. The van der Waals surface area contributed by atoms with E-state index in [4.69, 9.17) is 0 Å². The molecule has 1 N–H and O–H groups in total. The highest BCUT2D eigenvalue weighted by Gasteiger charge is 2.13. The summed E-state index contributed by atoms with van der Waals surface area (Å²) in [4.78, 5) is 12.2. The molecule has 1 aromatic heterocycles. The molecule has 0 saturated carbocycles. The van der Waals surface area contributed by atoms with E-state index in [0.29, 0.717) is 6.54 Å². The minimum Gasteiger partial charge on any atom is -0.319 e. The van der Waals surface area contributed by atoms with Crippen LogP contribution in [0.25, 0.3) is 6.08 Å². The summed E-state index contributed by atoms with van der Waals surface area (Å²) < 4.78 is 1.92. The van der Waals surface area contributed by atoms with Crippen molar-refractivity contribution in [1.29, 1.82) is 0 Å². The average molecular weight is 331 g/mol. The van der Waals surface area contributed by atoms with Gasteiger partial charge in [-0.25, -0.2) is 0 Å². The fourth-order valence-electron chi connectivity index (χ4n) is 2.69. The molecule has 4 nitrogen and oxygen atoms in total. The number of carbonyl (C=O) groups excluding carboxylic acids is 1. The molecule has 3 aromatic rings. The van der Waals surface area contributed by atoms with Crippen molar-refractivity contribution < 1.29 is 4.79 Å². The number of hydrogen-bond donors (Lipinski definition) is 1. The predicted molar refractivity (Wildman–Crippen MR) is 101 cm³/mol. The van der Waals surface area contributed by atoms with Crippen LogP contribution in [0.15, 0.2) is 66.7 Å². The highest BCUT2D eigenvalue weighted by Crippen LogP contribution is 2.20. The first kappa shape index (κ1) is 16.7. The topological polar surface area (TPSA) is 46.9 Å². The molecule has 0 fully saturated rings. The second-order valence-electron chi connectivity index (χ2n) is 5.92. The Kier molecular flexibility index (Phi) is 5.09. The molecule has 0 aliphatic rings. The Morgan fingerprint density at radius 3 is 2.36 bits per heavy atom. The van der Waals surface area contributed by atoms with Gasteiger partial charge in [0, 0.05) is 6.08 Å². The van der Waals surface area contributed by atoms with Crippen molar-refractivity contribution in [1.82, 2.24) is 9.78 Å². The van der Waals surface area contributed by atoms with Crippen molar-refractivity contribution in [2.24, 2.45) is 0 Å². The van der Waals surface area contributed by atoms with E-state index in [-0.39, 0.29) is 5.91 Å². The molecular weight excluding hydrogens is 310 g/mol. The van der Waals surface area contributed by atoms with E-state index < -0.39 is 0 Å². The monoisotopic (exact) mass is 331 g/mol. The predicted octanol–water partition coefficient (Wildman–Crippen LogP) is 4.20. The Balaban J connectivity index is 1.72. The van der Waals surface area contributed by atoms with E-state index in [1.165, 1.54) is 5.56 Å². The average Bonchev–Trinajstić information content (AvgIpc) is 2.89. The first-order valence-corrected chi connectivity index (χ1v) is 8.25. The van der Waals surface area contributed by atoms with Crippen LogP contribution >= 0.6 is 0 Å². The summed E-state index contributed by atoms with van der Waals surface area (Å²) in [6.07, 6.45) is 3.34. The molecule has 1 heterocycles. The summed E-state index contributed by atoms with van der Waals surface area (Å²) in [5.74, 6) is -0.158. The van der Waals surface area contributed by atoms with Gasteiger partial charge in [0.1, 0.15) is 0 Å². The van der Waals surface area contributed by atoms with Gasteiger partial charge in [0.2, 0.25) is 5.91 Å². The van der Waals surface area contributed by atoms with E-state index >= 15 is 0 Å². The SMILES string of the molecule is Cc1nn(Cc2ccccc2)c(C)c1NC(=O)C=Cc1ccccc1.